The first-order valence-electron chi connectivity index (χ1n) is 11.1. The van der Waals surface area contributed by atoms with Crippen molar-refractivity contribution < 1.29 is 24.2 Å². The first kappa shape index (κ1) is 34.5. The van der Waals surface area contributed by atoms with E-state index in [1.165, 1.54) is 6.92 Å². The molecule has 0 bridgehead atoms. The maximum atomic E-state index is 12.8. The lowest BCUT2D eigenvalue weighted by atomic mass is 9.87. The van der Waals surface area contributed by atoms with Crippen LogP contribution in [0.4, 0.5) is 0 Å². The van der Waals surface area contributed by atoms with E-state index < -0.39 is 12.1 Å². The number of carbonyl (C=O) groups excluding carboxylic acids is 2. The molecule has 0 aliphatic carbocycles. The van der Waals surface area contributed by atoms with Crippen molar-refractivity contribution in [3.05, 3.63) is 29.8 Å². The number of nitrogens with two attached hydrogens (primary N) is 2. The number of halogens is 2. The Morgan fingerprint density at radius 3 is 2.35 bits per heavy atom. The van der Waals surface area contributed by atoms with Gasteiger partial charge in [0, 0.05) is 33.2 Å². The van der Waals surface area contributed by atoms with Crippen LogP contribution in [-0.4, -0.2) is 67.5 Å². The van der Waals surface area contributed by atoms with Crippen molar-refractivity contribution in [3.8, 4) is 5.75 Å². The molecule has 9 nitrogen and oxygen atoms in total. The normalized spacial score (nSPS) is 13.2. The van der Waals surface area contributed by atoms with E-state index in [2.05, 4.69) is 5.32 Å². The minimum atomic E-state index is -0.951. The topological polar surface area (TPSA) is 140 Å². The highest BCUT2D eigenvalue weighted by atomic mass is 35.5. The fourth-order valence-corrected chi connectivity index (χ4v) is 3.19. The first-order valence-corrected chi connectivity index (χ1v) is 11.1. The van der Waals surface area contributed by atoms with Crippen molar-refractivity contribution in [1.29, 1.82) is 0 Å². The molecule has 0 aromatic heterocycles. The van der Waals surface area contributed by atoms with Crippen LogP contribution >= 0.6 is 24.8 Å². The molecule has 0 aliphatic heterocycles. The standard InChI is InChI=1S/C23H40N4O5.2ClH/c1-16(2)18(13-20(24)21(29)15-27(25)17(3)28)14-26-23(30)19-9-5-6-10-22(19)32-12-8-7-11-31-4;;/h5-6,9-10,16,18,20-21,29H,7-8,11-15,24-25H2,1-4H3,(H,26,30);2*1H/t18-,20+,21+;;/m1../s1. The largest absolute Gasteiger partial charge is 0.493 e. The number of aliphatic hydroxyl groups is 1. The van der Waals surface area contributed by atoms with Crippen molar-refractivity contribution in [3.63, 3.8) is 0 Å². The predicted molar refractivity (Wildman–Crippen MR) is 138 cm³/mol. The molecule has 34 heavy (non-hydrogen) atoms. The Labute approximate surface area is 215 Å². The summed E-state index contributed by atoms with van der Waals surface area (Å²) in [5.74, 6) is 5.82. The van der Waals surface area contributed by atoms with Crippen molar-refractivity contribution in [1.82, 2.24) is 10.3 Å². The van der Waals surface area contributed by atoms with Gasteiger partial charge in [-0.1, -0.05) is 26.0 Å². The van der Waals surface area contributed by atoms with Crippen LogP contribution in [0.5, 0.6) is 5.75 Å². The number of ether oxygens (including phenoxy) is 2. The van der Waals surface area contributed by atoms with Crippen LogP contribution < -0.4 is 21.6 Å². The number of unbranched alkanes of at least 4 members (excludes halogenated alkanes) is 1. The van der Waals surface area contributed by atoms with E-state index in [9.17, 15) is 14.7 Å². The monoisotopic (exact) mass is 524 g/mol. The van der Waals surface area contributed by atoms with Gasteiger partial charge in [-0.25, -0.2) is 5.84 Å². The van der Waals surface area contributed by atoms with Crippen molar-refractivity contribution in [2.45, 2.75) is 52.2 Å². The number of methoxy groups -OCH3 is 1. The van der Waals surface area contributed by atoms with E-state index >= 15 is 0 Å². The first-order chi connectivity index (χ1) is 15.2. The van der Waals surface area contributed by atoms with E-state index in [-0.39, 0.29) is 55.0 Å². The maximum absolute atomic E-state index is 12.8. The van der Waals surface area contributed by atoms with Gasteiger partial charge in [0.05, 0.1) is 24.8 Å². The second kappa shape index (κ2) is 18.7. The van der Waals surface area contributed by atoms with Gasteiger partial charge < -0.3 is 25.6 Å². The summed E-state index contributed by atoms with van der Waals surface area (Å²) >= 11 is 0. The number of nitrogens with zero attached hydrogens (tertiary/aromatic N) is 1. The van der Waals surface area contributed by atoms with Crippen LogP contribution in [0.25, 0.3) is 0 Å². The number of hydrogen-bond acceptors (Lipinski definition) is 7. The van der Waals surface area contributed by atoms with Gasteiger partial charge in [-0.15, -0.1) is 24.8 Å². The van der Waals surface area contributed by atoms with E-state index in [0.717, 1.165) is 17.9 Å². The molecule has 198 valence electrons. The third-order valence-corrected chi connectivity index (χ3v) is 5.46. The Kier molecular flexibility index (Phi) is 19.0. The van der Waals surface area contributed by atoms with Gasteiger partial charge in [0.2, 0.25) is 5.91 Å². The van der Waals surface area contributed by atoms with Crippen LogP contribution in [0.15, 0.2) is 24.3 Å². The number of hydrogen-bond donors (Lipinski definition) is 4. The summed E-state index contributed by atoms with van der Waals surface area (Å²) in [6.45, 7) is 6.95. The number of para-hydroxylation sites is 1. The lowest BCUT2D eigenvalue weighted by Gasteiger charge is -2.29. The molecule has 0 saturated carbocycles. The number of nitrogens with one attached hydrogen (secondary N) is 1. The number of rotatable bonds is 15. The fourth-order valence-electron chi connectivity index (χ4n) is 3.19. The molecular formula is C23H42Cl2N4O5. The minimum absolute atomic E-state index is 0. The van der Waals surface area contributed by atoms with Gasteiger partial charge in [-0.2, -0.15) is 0 Å². The highest BCUT2D eigenvalue weighted by Gasteiger charge is 2.25. The van der Waals surface area contributed by atoms with Crippen LogP contribution in [-0.2, 0) is 9.53 Å². The third kappa shape index (κ3) is 12.7. The molecule has 0 aliphatic rings. The summed E-state index contributed by atoms with van der Waals surface area (Å²) in [6.07, 6.45) is 1.25. The molecule has 0 spiro atoms. The van der Waals surface area contributed by atoms with Gasteiger partial charge in [0.15, 0.2) is 0 Å². The molecule has 0 saturated heterocycles. The Morgan fingerprint density at radius 2 is 1.76 bits per heavy atom. The van der Waals surface area contributed by atoms with Crippen LogP contribution in [0, 0.1) is 11.8 Å². The molecule has 0 radical (unpaired) electrons. The second-order valence-corrected chi connectivity index (χ2v) is 8.40. The van der Waals surface area contributed by atoms with Crippen LogP contribution in [0.1, 0.15) is 50.4 Å². The molecule has 0 fully saturated rings. The SMILES string of the molecule is COCCCCOc1ccccc1C(=O)NC[C@@H](C[C@H](N)[C@@H](O)CN(N)C(C)=O)C(C)C.Cl.Cl. The van der Waals surface area contributed by atoms with Gasteiger partial charge >= 0.3 is 0 Å². The summed E-state index contributed by atoms with van der Waals surface area (Å²) in [7, 11) is 1.66. The smallest absolute Gasteiger partial charge is 0.255 e. The van der Waals surface area contributed by atoms with Gasteiger partial charge in [0.1, 0.15) is 5.75 Å². The number of benzene rings is 1. The number of aliphatic hydroxyl groups excluding tert-OH is 1. The van der Waals surface area contributed by atoms with Crippen LogP contribution in [0.3, 0.4) is 0 Å². The van der Waals surface area contributed by atoms with Gasteiger partial charge in [-0.05, 0) is 43.2 Å². The molecule has 1 aromatic carbocycles. The minimum Gasteiger partial charge on any atom is -0.493 e. The van der Waals surface area contributed by atoms with Crippen molar-refractivity contribution in [2.24, 2.45) is 23.4 Å². The number of hydrazine groups is 1. The van der Waals surface area contributed by atoms with Crippen molar-refractivity contribution >= 4 is 36.6 Å². The molecule has 3 atom stereocenters. The molecular weight excluding hydrogens is 483 g/mol. The summed E-state index contributed by atoms with van der Waals surface area (Å²) in [5, 5.41) is 14.2. The van der Waals surface area contributed by atoms with Gasteiger partial charge in [-0.3, -0.25) is 14.6 Å². The molecule has 0 unspecified atom stereocenters. The number of carbonyl (C=O) groups is 2. The quantitative estimate of drug-likeness (QED) is 0.119. The van der Waals surface area contributed by atoms with Crippen LogP contribution in [0.2, 0.25) is 0 Å². The Hall–Kier alpha value is -1.62. The molecule has 2 amide bonds. The Balaban J connectivity index is 0. The maximum Gasteiger partial charge on any atom is 0.255 e. The lowest BCUT2D eigenvalue weighted by Crippen LogP contribution is -2.49. The summed E-state index contributed by atoms with van der Waals surface area (Å²) in [4.78, 5) is 24.1. The highest BCUT2D eigenvalue weighted by Crippen LogP contribution is 2.20. The second-order valence-electron chi connectivity index (χ2n) is 8.40. The summed E-state index contributed by atoms with van der Waals surface area (Å²) in [6, 6.07) is 6.57. The van der Waals surface area contributed by atoms with E-state index in [0.29, 0.717) is 37.5 Å². The Bertz CT molecular complexity index is 712. The predicted octanol–water partition coefficient (Wildman–Crippen LogP) is 2.14. The van der Waals surface area contributed by atoms with E-state index in [1.54, 1.807) is 25.3 Å². The molecule has 11 heteroatoms. The zero-order valence-corrected chi connectivity index (χ0v) is 22.2. The third-order valence-electron chi connectivity index (χ3n) is 5.46. The summed E-state index contributed by atoms with van der Waals surface area (Å²) < 4.78 is 10.8. The van der Waals surface area contributed by atoms with E-state index in [1.807, 2.05) is 19.9 Å². The Morgan fingerprint density at radius 1 is 1.15 bits per heavy atom. The lowest BCUT2D eigenvalue weighted by molar-refractivity contribution is -0.130. The van der Waals surface area contributed by atoms with E-state index in [4.69, 9.17) is 21.1 Å². The molecule has 0 heterocycles. The zero-order chi connectivity index (χ0) is 24.1. The van der Waals surface area contributed by atoms with Crippen molar-refractivity contribution in [2.75, 3.05) is 33.4 Å². The molecule has 1 rings (SSSR count). The fraction of sp³-hybridized carbons (Fsp3) is 0.652. The molecule has 1 aromatic rings. The number of amides is 2. The average molecular weight is 526 g/mol. The average Bonchev–Trinajstić information content (AvgIpc) is 2.75. The molecule has 6 N–H and O–H groups in total. The summed E-state index contributed by atoms with van der Waals surface area (Å²) in [5.41, 5.74) is 6.63. The van der Waals surface area contributed by atoms with Gasteiger partial charge in [0.25, 0.3) is 5.91 Å². The zero-order valence-electron chi connectivity index (χ0n) is 20.6. The highest BCUT2D eigenvalue weighted by molar-refractivity contribution is 5.96.